The van der Waals surface area contributed by atoms with Crippen LogP contribution in [0.2, 0.25) is 0 Å². The molecule has 35 heavy (non-hydrogen) atoms. The molecule has 1 unspecified atom stereocenters. The number of nitrogens with zero attached hydrogens (tertiary/aromatic N) is 3. The van der Waals surface area contributed by atoms with Gasteiger partial charge in [0.05, 0.1) is 13.2 Å². The van der Waals surface area contributed by atoms with Crippen molar-refractivity contribution in [3.05, 3.63) is 64.3 Å². The van der Waals surface area contributed by atoms with E-state index in [4.69, 9.17) is 10.5 Å². The highest BCUT2D eigenvalue weighted by Gasteiger charge is 2.29. The van der Waals surface area contributed by atoms with E-state index in [0.717, 1.165) is 46.8 Å². The summed E-state index contributed by atoms with van der Waals surface area (Å²) < 4.78 is 5.56. The summed E-state index contributed by atoms with van der Waals surface area (Å²) in [6, 6.07) is 12.4. The van der Waals surface area contributed by atoms with E-state index < -0.39 is 0 Å². The Morgan fingerprint density at radius 2 is 1.89 bits per heavy atom. The zero-order valence-corrected chi connectivity index (χ0v) is 22.3. The SMILES string of the molecule is CN=C(C)/C(=C(/C)N)c1cc(OC)cc(C(C)NC(=O)c2cc(N3CC(N(C)C)C3)ccc2C)c1. The molecule has 0 bridgehead atoms. The van der Waals surface area contributed by atoms with Crippen LogP contribution in [0.5, 0.6) is 5.75 Å². The zero-order valence-electron chi connectivity index (χ0n) is 22.3. The average Bonchev–Trinajstić information content (AvgIpc) is 2.78. The molecule has 0 aliphatic carbocycles. The standard InChI is InChI=1S/C28H39N5O2/c1-17-9-10-23(33-15-24(16-33)32(6)7)14-26(17)28(34)31-19(3)21-11-22(13-25(12-21)35-8)27(18(2)29)20(4)30-5/h9-14,19,24H,15-16,29H2,1-8H3,(H,31,34)/b27-18+,30-20?. The molecule has 1 amide bonds. The number of benzene rings is 2. The van der Waals surface area contributed by atoms with Gasteiger partial charge in [-0.05, 0) is 88.8 Å². The number of allylic oxidation sites excluding steroid dienone is 2. The van der Waals surface area contributed by atoms with E-state index >= 15 is 0 Å². The molecule has 1 fully saturated rings. The van der Waals surface area contributed by atoms with E-state index in [1.54, 1.807) is 14.2 Å². The van der Waals surface area contributed by atoms with Gasteiger partial charge in [0.25, 0.3) is 5.91 Å². The summed E-state index contributed by atoms with van der Waals surface area (Å²) in [4.78, 5) is 22.2. The number of rotatable bonds is 8. The maximum absolute atomic E-state index is 13.3. The van der Waals surface area contributed by atoms with Crippen molar-refractivity contribution in [3.8, 4) is 5.75 Å². The lowest BCUT2D eigenvalue weighted by Gasteiger charge is -2.44. The van der Waals surface area contributed by atoms with Gasteiger partial charge in [-0.2, -0.15) is 0 Å². The summed E-state index contributed by atoms with van der Waals surface area (Å²) in [6.07, 6.45) is 0. The van der Waals surface area contributed by atoms with Gasteiger partial charge in [0.15, 0.2) is 0 Å². The maximum atomic E-state index is 13.3. The number of carbonyl (C=O) groups excluding carboxylic acids is 1. The second-order valence-corrected chi connectivity index (χ2v) is 9.58. The van der Waals surface area contributed by atoms with E-state index in [1.807, 2.05) is 58.0 Å². The highest BCUT2D eigenvalue weighted by molar-refractivity contribution is 6.23. The number of hydrogen-bond acceptors (Lipinski definition) is 6. The first-order valence-corrected chi connectivity index (χ1v) is 12.0. The number of carbonyl (C=O) groups is 1. The first-order valence-electron chi connectivity index (χ1n) is 12.0. The fourth-order valence-electron chi connectivity index (χ4n) is 4.37. The van der Waals surface area contributed by atoms with Crippen molar-refractivity contribution in [1.82, 2.24) is 10.2 Å². The molecule has 0 spiro atoms. The Kier molecular flexibility index (Phi) is 8.22. The molecule has 1 heterocycles. The molecule has 1 saturated heterocycles. The molecule has 0 saturated carbocycles. The van der Waals surface area contributed by atoms with Crippen LogP contribution in [-0.2, 0) is 0 Å². The molecule has 188 valence electrons. The summed E-state index contributed by atoms with van der Waals surface area (Å²) in [5.74, 6) is 0.607. The molecule has 1 aliphatic heterocycles. The van der Waals surface area contributed by atoms with Gasteiger partial charge in [-0.3, -0.25) is 9.79 Å². The number of nitrogens with one attached hydrogen (secondary N) is 1. The molecule has 7 nitrogen and oxygen atoms in total. The van der Waals surface area contributed by atoms with Gasteiger partial charge in [-0.15, -0.1) is 0 Å². The van der Waals surface area contributed by atoms with Gasteiger partial charge in [-0.1, -0.05) is 6.07 Å². The van der Waals surface area contributed by atoms with Gasteiger partial charge in [0.1, 0.15) is 5.75 Å². The number of amides is 1. The van der Waals surface area contributed by atoms with Crippen molar-refractivity contribution in [1.29, 1.82) is 0 Å². The summed E-state index contributed by atoms with van der Waals surface area (Å²) in [5, 5.41) is 3.17. The van der Waals surface area contributed by atoms with E-state index in [-0.39, 0.29) is 11.9 Å². The number of methoxy groups -OCH3 is 1. The highest BCUT2D eigenvalue weighted by atomic mass is 16.5. The predicted octanol–water partition coefficient (Wildman–Crippen LogP) is 4.03. The molecule has 0 aromatic heterocycles. The van der Waals surface area contributed by atoms with Crippen molar-refractivity contribution in [2.45, 2.75) is 39.8 Å². The normalized spacial score (nSPS) is 16.0. The number of aryl methyl sites for hydroxylation is 1. The number of hydrogen-bond donors (Lipinski definition) is 2. The van der Waals surface area contributed by atoms with Gasteiger partial charge in [0.2, 0.25) is 0 Å². The van der Waals surface area contributed by atoms with E-state index in [1.165, 1.54) is 0 Å². The lowest BCUT2D eigenvalue weighted by molar-refractivity contribution is 0.0939. The average molecular weight is 478 g/mol. The molecule has 0 radical (unpaired) electrons. The molecule has 3 N–H and O–H groups in total. The monoisotopic (exact) mass is 477 g/mol. The first kappa shape index (κ1) is 26.3. The quantitative estimate of drug-likeness (QED) is 0.561. The third kappa shape index (κ3) is 5.85. The van der Waals surface area contributed by atoms with Crippen LogP contribution in [-0.4, -0.2) is 63.9 Å². The summed E-state index contributed by atoms with van der Waals surface area (Å²) in [7, 11) is 7.59. The van der Waals surface area contributed by atoms with Crippen LogP contribution < -0.4 is 20.7 Å². The highest BCUT2D eigenvalue weighted by Crippen LogP contribution is 2.29. The molecule has 2 aromatic rings. The second kappa shape index (κ2) is 11.0. The number of nitrogens with two attached hydrogens (primary N) is 1. The Labute approximate surface area is 209 Å². The topological polar surface area (TPSA) is 83.2 Å². The van der Waals surface area contributed by atoms with Crippen molar-refractivity contribution >= 4 is 22.9 Å². The van der Waals surface area contributed by atoms with Gasteiger partial charge in [-0.25, -0.2) is 0 Å². The van der Waals surface area contributed by atoms with Crippen LogP contribution in [0.15, 0.2) is 47.1 Å². The number of ether oxygens (including phenoxy) is 1. The Morgan fingerprint density at radius 3 is 2.46 bits per heavy atom. The van der Waals surface area contributed by atoms with Crippen LogP contribution in [0.3, 0.4) is 0 Å². The van der Waals surface area contributed by atoms with Crippen LogP contribution in [0.4, 0.5) is 5.69 Å². The molecule has 2 aromatic carbocycles. The number of aliphatic imine (C=N–C) groups is 1. The minimum absolute atomic E-state index is 0.0945. The summed E-state index contributed by atoms with van der Waals surface area (Å²) in [6.45, 7) is 9.69. The minimum Gasteiger partial charge on any atom is -0.497 e. The molecule has 1 aliphatic rings. The van der Waals surface area contributed by atoms with Gasteiger partial charge >= 0.3 is 0 Å². The summed E-state index contributed by atoms with van der Waals surface area (Å²) >= 11 is 0. The fourth-order valence-corrected chi connectivity index (χ4v) is 4.37. The van der Waals surface area contributed by atoms with Gasteiger partial charge in [0, 0.05) is 54.4 Å². The maximum Gasteiger partial charge on any atom is 0.252 e. The Hall–Kier alpha value is -3.32. The van der Waals surface area contributed by atoms with Crippen molar-refractivity contribution in [2.75, 3.05) is 46.2 Å². The first-order chi connectivity index (χ1) is 16.5. The van der Waals surface area contributed by atoms with Crippen LogP contribution >= 0.6 is 0 Å². The Morgan fingerprint density at radius 1 is 1.20 bits per heavy atom. The van der Waals surface area contributed by atoms with Crippen LogP contribution in [0.1, 0.15) is 53.9 Å². The van der Waals surface area contributed by atoms with Crippen molar-refractivity contribution in [3.63, 3.8) is 0 Å². The van der Waals surface area contributed by atoms with Crippen molar-refractivity contribution in [2.24, 2.45) is 10.7 Å². The zero-order chi connectivity index (χ0) is 25.9. The smallest absolute Gasteiger partial charge is 0.252 e. The third-order valence-electron chi connectivity index (χ3n) is 6.82. The van der Waals surface area contributed by atoms with Gasteiger partial charge < -0.3 is 25.6 Å². The lowest BCUT2D eigenvalue weighted by Crippen LogP contribution is -2.57. The number of likely N-dealkylation sites (N-methyl/N-ethyl adjacent to an activating group) is 1. The molecule has 3 rings (SSSR count). The Balaban J connectivity index is 1.85. The van der Waals surface area contributed by atoms with Crippen molar-refractivity contribution < 1.29 is 9.53 Å². The molecule has 1 atom stereocenters. The predicted molar refractivity (Wildman–Crippen MR) is 146 cm³/mol. The Bertz CT molecular complexity index is 1140. The van der Waals surface area contributed by atoms with Crippen LogP contribution in [0.25, 0.3) is 5.57 Å². The van der Waals surface area contributed by atoms with E-state index in [2.05, 4.69) is 40.3 Å². The fraction of sp³-hybridized carbons (Fsp3) is 0.429. The number of anilines is 1. The van der Waals surface area contributed by atoms with E-state index in [9.17, 15) is 4.79 Å². The molecule has 7 heteroatoms. The molecular formula is C28H39N5O2. The van der Waals surface area contributed by atoms with Crippen LogP contribution in [0, 0.1) is 6.92 Å². The summed E-state index contributed by atoms with van der Waals surface area (Å²) in [5.41, 5.74) is 13.2. The van der Waals surface area contributed by atoms with E-state index in [0.29, 0.717) is 23.1 Å². The largest absolute Gasteiger partial charge is 0.497 e. The minimum atomic E-state index is -0.236. The lowest BCUT2D eigenvalue weighted by atomic mass is 9.95. The second-order valence-electron chi connectivity index (χ2n) is 9.58. The third-order valence-corrected chi connectivity index (χ3v) is 6.82. The molecular weight excluding hydrogens is 438 g/mol.